The fourth-order valence-corrected chi connectivity index (χ4v) is 0.910. The van der Waals surface area contributed by atoms with Crippen LogP contribution in [0.5, 0.6) is 0 Å². The van der Waals surface area contributed by atoms with Gasteiger partial charge in [0.25, 0.3) is 0 Å². The van der Waals surface area contributed by atoms with E-state index >= 15 is 0 Å². The van der Waals surface area contributed by atoms with Crippen molar-refractivity contribution in [2.24, 2.45) is 5.73 Å². The van der Waals surface area contributed by atoms with Crippen LogP contribution in [-0.2, 0) is 11.2 Å². The first kappa shape index (κ1) is 7.95. The molecule has 1 rings (SSSR count). The van der Waals surface area contributed by atoms with Crippen molar-refractivity contribution in [2.45, 2.75) is 12.5 Å². The topological polar surface area (TPSA) is 43.1 Å². The van der Waals surface area contributed by atoms with Crippen LogP contribution in [0.3, 0.4) is 0 Å². The number of benzene rings is 1. The molecule has 0 aliphatic rings. The van der Waals surface area contributed by atoms with Gasteiger partial charge in [0.05, 0.1) is 6.04 Å². The molecule has 2 nitrogen and oxygen atoms in total. The van der Waals surface area contributed by atoms with E-state index in [2.05, 4.69) is 0 Å². The first-order chi connectivity index (χ1) is 5.33. The minimum absolute atomic E-state index is 0.489. The van der Waals surface area contributed by atoms with Gasteiger partial charge in [-0.15, -0.1) is 0 Å². The standard InChI is InChI=1S/C9H10NO/c10-9(7-11)6-8-4-2-1-3-5-8/h1-5,9H,6,10H2. The van der Waals surface area contributed by atoms with Crippen LogP contribution in [0.4, 0.5) is 0 Å². The van der Waals surface area contributed by atoms with Crippen molar-refractivity contribution in [3.63, 3.8) is 0 Å². The predicted octanol–water partition coefficient (Wildman–Crippen LogP) is 0.666. The largest absolute Gasteiger partial charge is 0.321 e. The van der Waals surface area contributed by atoms with E-state index in [4.69, 9.17) is 5.73 Å². The molecule has 11 heavy (non-hydrogen) atoms. The molecule has 0 aromatic heterocycles. The van der Waals surface area contributed by atoms with Gasteiger partial charge in [-0.3, -0.25) is 4.79 Å². The Hall–Kier alpha value is -1.15. The lowest BCUT2D eigenvalue weighted by Crippen LogP contribution is -2.23. The number of rotatable bonds is 3. The lowest BCUT2D eigenvalue weighted by Gasteiger charge is -2.01. The molecule has 57 valence electrons. The van der Waals surface area contributed by atoms with Gasteiger partial charge in [-0.1, -0.05) is 30.3 Å². The normalized spacial score (nSPS) is 12.5. The summed E-state index contributed by atoms with van der Waals surface area (Å²) in [6.07, 6.45) is 2.31. The summed E-state index contributed by atoms with van der Waals surface area (Å²) in [4.78, 5) is 10.1. The van der Waals surface area contributed by atoms with Crippen molar-refractivity contribution < 1.29 is 4.79 Å². The smallest absolute Gasteiger partial charge is 0.217 e. The molecule has 2 heteroatoms. The quantitative estimate of drug-likeness (QED) is 0.684. The summed E-state index contributed by atoms with van der Waals surface area (Å²) in [5, 5.41) is 0. The monoisotopic (exact) mass is 148 g/mol. The summed E-state index contributed by atoms with van der Waals surface area (Å²) in [5.74, 6) is 0. The van der Waals surface area contributed by atoms with Crippen LogP contribution in [-0.4, -0.2) is 12.3 Å². The van der Waals surface area contributed by atoms with Gasteiger partial charge >= 0.3 is 0 Å². The summed E-state index contributed by atoms with van der Waals surface area (Å²) < 4.78 is 0. The molecule has 0 spiro atoms. The van der Waals surface area contributed by atoms with Crippen molar-refractivity contribution in [3.05, 3.63) is 35.9 Å². The third-order valence-corrected chi connectivity index (χ3v) is 1.45. The molecule has 0 aliphatic carbocycles. The zero-order valence-electron chi connectivity index (χ0n) is 6.16. The van der Waals surface area contributed by atoms with Crippen LogP contribution in [0.15, 0.2) is 30.3 Å². The van der Waals surface area contributed by atoms with Crippen LogP contribution in [0.2, 0.25) is 0 Å². The Bertz CT molecular complexity index is 220. The van der Waals surface area contributed by atoms with Crippen LogP contribution in [0.25, 0.3) is 0 Å². The molecule has 0 bridgehead atoms. The third-order valence-electron chi connectivity index (χ3n) is 1.45. The van der Waals surface area contributed by atoms with E-state index in [-0.39, 0.29) is 0 Å². The van der Waals surface area contributed by atoms with Gasteiger partial charge in [-0.2, -0.15) is 0 Å². The second-order valence-electron chi connectivity index (χ2n) is 2.41. The van der Waals surface area contributed by atoms with Crippen LogP contribution >= 0.6 is 0 Å². The molecule has 2 N–H and O–H groups in total. The molecule has 0 saturated heterocycles. The Morgan fingerprint density at radius 1 is 1.36 bits per heavy atom. The number of hydrogen-bond donors (Lipinski definition) is 1. The van der Waals surface area contributed by atoms with Gasteiger partial charge in [0.1, 0.15) is 0 Å². The van der Waals surface area contributed by atoms with Gasteiger partial charge in [-0.25, -0.2) is 0 Å². The average molecular weight is 148 g/mol. The highest BCUT2D eigenvalue weighted by Crippen LogP contribution is 1.99. The van der Waals surface area contributed by atoms with Gasteiger partial charge < -0.3 is 5.73 Å². The van der Waals surface area contributed by atoms with Gasteiger partial charge in [0.15, 0.2) is 0 Å². The van der Waals surface area contributed by atoms with E-state index in [0.717, 1.165) is 5.56 Å². The predicted molar refractivity (Wildman–Crippen MR) is 43.8 cm³/mol. The average Bonchev–Trinajstić information content (AvgIpc) is 2.06. The molecule has 0 heterocycles. The molecule has 1 aromatic rings. The molecule has 1 atom stereocenters. The van der Waals surface area contributed by atoms with Crippen molar-refractivity contribution in [2.75, 3.05) is 0 Å². The van der Waals surface area contributed by atoms with Crippen molar-refractivity contribution in [1.29, 1.82) is 0 Å². The zero-order valence-corrected chi connectivity index (χ0v) is 6.16. The van der Waals surface area contributed by atoms with Crippen LogP contribution in [0, 0.1) is 0 Å². The van der Waals surface area contributed by atoms with E-state index in [9.17, 15) is 4.79 Å². The third kappa shape index (κ3) is 2.51. The number of hydrogen-bond acceptors (Lipinski definition) is 2. The Labute approximate surface area is 66.0 Å². The first-order valence-electron chi connectivity index (χ1n) is 3.50. The molecule has 0 saturated carbocycles. The highest BCUT2D eigenvalue weighted by Gasteiger charge is 2.00. The Balaban J connectivity index is 2.57. The van der Waals surface area contributed by atoms with Gasteiger partial charge in [-0.05, 0) is 12.0 Å². The molecule has 0 aliphatic heterocycles. The Morgan fingerprint density at radius 2 is 2.00 bits per heavy atom. The van der Waals surface area contributed by atoms with Crippen molar-refractivity contribution >= 4 is 6.29 Å². The summed E-state index contributed by atoms with van der Waals surface area (Å²) >= 11 is 0. The van der Waals surface area contributed by atoms with E-state index in [1.54, 1.807) is 6.29 Å². The number of nitrogens with two attached hydrogens (primary N) is 1. The van der Waals surface area contributed by atoms with Crippen molar-refractivity contribution in [1.82, 2.24) is 0 Å². The van der Waals surface area contributed by atoms with E-state index in [1.807, 2.05) is 30.3 Å². The molecule has 1 aromatic carbocycles. The molecular formula is C9H10NO. The zero-order chi connectivity index (χ0) is 8.10. The molecule has 0 fully saturated rings. The minimum Gasteiger partial charge on any atom is -0.321 e. The van der Waals surface area contributed by atoms with E-state index in [1.165, 1.54) is 0 Å². The van der Waals surface area contributed by atoms with Crippen LogP contribution < -0.4 is 5.73 Å². The second kappa shape index (κ2) is 3.88. The summed E-state index contributed by atoms with van der Waals surface area (Å²) in [5.41, 5.74) is 6.45. The molecule has 1 unspecified atom stereocenters. The highest BCUT2D eigenvalue weighted by atomic mass is 16.1. The Kier molecular flexibility index (Phi) is 2.81. The van der Waals surface area contributed by atoms with Crippen molar-refractivity contribution in [3.8, 4) is 0 Å². The lowest BCUT2D eigenvalue weighted by atomic mass is 10.1. The van der Waals surface area contributed by atoms with E-state index in [0.29, 0.717) is 6.42 Å². The fourth-order valence-electron chi connectivity index (χ4n) is 0.910. The highest BCUT2D eigenvalue weighted by molar-refractivity contribution is 5.58. The van der Waals surface area contributed by atoms with Gasteiger partial charge in [0, 0.05) is 0 Å². The summed E-state index contributed by atoms with van der Waals surface area (Å²) in [6, 6.07) is 9.17. The fraction of sp³-hybridized carbons (Fsp3) is 0.222. The maximum absolute atomic E-state index is 10.1. The summed E-state index contributed by atoms with van der Waals surface area (Å²) in [7, 11) is 0. The molecule has 0 amide bonds. The van der Waals surface area contributed by atoms with Crippen LogP contribution in [0.1, 0.15) is 5.56 Å². The molecular weight excluding hydrogens is 138 g/mol. The maximum atomic E-state index is 10.1. The minimum atomic E-state index is -0.489. The van der Waals surface area contributed by atoms with E-state index < -0.39 is 6.04 Å². The molecule has 1 radical (unpaired) electrons. The second-order valence-corrected chi connectivity index (χ2v) is 2.41. The summed E-state index contributed by atoms with van der Waals surface area (Å²) in [6.45, 7) is 0. The van der Waals surface area contributed by atoms with Gasteiger partial charge in [0.2, 0.25) is 6.29 Å². The first-order valence-corrected chi connectivity index (χ1v) is 3.50. The lowest BCUT2D eigenvalue weighted by molar-refractivity contribution is 0.541. The SMILES string of the molecule is NC([C]=O)Cc1ccccc1. The maximum Gasteiger partial charge on any atom is 0.217 e. The number of carbonyl (C=O) groups excluding carboxylic acids is 1. The Morgan fingerprint density at radius 3 is 2.55 bits per heavy atom.